The highest BCUT2D eigenvalue weighted by Crippen LogP contribution is 2.05. The van der Waals surface area contributed by atoms with Crippen molar-refractivity contribution in [1.29, 1.82) is 0 Å². The van der Waals surface area contributed by atoms with Crippen LogP contribution in [0.4, 0.5) is 0 Å². The SMILES string of the molecule is COC(=O)c1ccc(CNCCc2ccnn2C)cc1. The van der Waals surface area contributed by atoms with Crippen LogP contribution in [-0.2, 0) is 24.8 Å². The molecule has 2 aromatic rings. The summed E-state index contributed by atoms with van der Waals surface area (Å²) >= 11 is 0. The molecule has 5 nitrogen and oxygen atoms in total. The van der Waals surface area contributed by atoms with Crippen molar-refractivity contribution in [1.82, 2.24) is 15.1 Å². The molecule has 1 heterocycles. The molecule has 106 valence electrons. The Labute approximate surface area is 118 Å². The molecule has 0 atom stereocenters. The third-order valence-corrected chi connectivity index (χ3v) is 3.18. The van der Waals surface area contributed by atoms with Gasteiger partial charge < -0.3 is 10.1 Å². The number of hydrogen-bond donors (Lipinski definition) is 1. The lowest BCUT2D eigenvalue weighted by molar-refractivity contribution is 0.0600. The van der Waals surface area contributed by atoms with E-state index in [0.717, 1.165) is 25.1 Å². The summed E-state index contributed by atoms with van der Waals surface area (Å²) in [6, 6.07) is 9.45. The average Bonchev–Trinajstić information content (AvgIpc) is 2.89. The van der Waals surface area contributed by atoms with E-state index in [2.05, 4.69) is 15.2 Å². The largest absolute Gasteiger partial charge is 0.465 e. The van der Waals surface area contributed by atoms with Crippen LogP contribution in [0.5, 0.6) is 0 Å². The van der Waals surface area contributed by atoms with Crippen LogP contribution in [0.3, 0.4) is 0 Å². The molecule has 0 spiro atoms. The molecular weight excluding hydrogens is 254 g/mol. The molecule has 0 saturated carbocycles. The molecule has 1 N–H and O–H groups in total. The lowest BCUT2D eigenvalue weighted by Gasteiger charge is -2.06. The van der Waals surface area contributed by atoms with Crippen molar-refractivity contribution in [2.24, 2.45) is 7.05 Å². The Morgan fingerprint density at radius 1 is 1.30 bits per heavy atom. The second-order valence-electron chi connectivity index (χ2n) is 4.56. The van der Waals surface area contributed by atoms with Gasteiger partial charge in [0.05, 0.1) is 12.7 Å². The maximum Gasteiger partial charge on any atom is 0.337 e. The molecule has 0 unspecified atom stereocenters. The average molecular weight is 273 g/mol. The Bertz CT molecular complexity index is 561. The van der Waals surface area contributed by atoms with Crippen LogP contribution in [0, 0.1) is 0 Å². The smallest absolute Gasteiger partial charge is 0.337 e. The van der Waals surface area contributed by atoms with Crippen LogP contribution in [0.15, 0.2) is 36.5 Å². The molecule has 0 aliphatic rings. The third kappa shape index (κ3) is 3.68. The minimum absolute atomic E-state index is 0.305. The van der Waals surface area contributed by atoms with E-state index in [1.165, 1.54) is 12.8 Å². The minimum atomic E-state index is -0.305. The van der Waals surface area contributed by atoms with Crippen LogP contribution < -0.4 is 5.32 Å². The molecule has 0 aliphatic carbocycles. The second-order valence-corrected chi connectivity index (χ2v) is 4.56. The van der Waals surface area contributed by atoms with Gasteiger partial charge in [-0.3, -0.25) is 4.68 Å². The van der Waals surface area contributed by atoms with Crippen molar-refractivity contribution >= 4 is 5.97 Å². The summed E-state index contributed by atoms with van der Waals surface area (Å²) in [5.41, 5.74) is 2.92. The van der Waals surface area contributed by atoms with Gasteiger partial charge in [-0.2, -0.15) is 5.10 Å². The van der Waals surface area contributed by atoms with E-state index >= 15 is 0 Å². The number of rotatable bonds is 6. The number of nitrogens with one attached hydrogen (secondary N) is 1. The fraction of sp³-hybridized carbons (Fsp3) is 0.333. The summed E-state index contributed by atoms with van der Waals surface area (Å²) in [7, 11) is 3.33. The van der Waals surface area contributed by atoms with Crippen molar-refractivity contribution < 1.29 is 9.53 Å². The molecule has 20 heavy (non-hydrogen) atoms. The van der Waals surface area contributed by atoms with Gasteiger partial charge >= 0.3 is 5.97 Å². The number of hydrogen-bond acceptors (Lipinski definition) is 4. The van der Waals surface area contributed by atoms with Crippen LogP contribution in [0.1, 0.15) is 21.6 Å². The number of aryl methyl sites for hydroxylation is 1. The van der Waals surface area contributed by atoms with Crippen molar-refractivity contribution in [2.75, 3.05) is 13.7 Å². The van der Waals surface area contributed by atoms with Gasteiger partial charge in [-0.1, -0.05) is 12.1 Å². The highest BCUT2D eigenvalue weighted by molar-refractivity contribution is 5.89. The van der Waals surface area contributed by atoms with Crippen LogP contribution in [0.2, 0.25) is 0 Å². The normalized spacial score (nSPS) is 10.5. The Kier molecular flexibility index (Phi) is 4.90. The Morgan fingerprint density at radius 2 is 2.05 bits per heavy atom. The zero-order valence-electron chi connectivity index (χ0n) is 11.8. The van der Waals surface area contributed by atoms with Gasteiger partial charge in [0.2, 0.25) is 0 Å². The summed E-state index contributed by atoms with van der Waals surface area (Å²) < 4.78 is 6.55. The van der Waals surface area contributed by atoms with Gasteiger partial charge in [-0.15, -0.1) is 0 Å². The highest BCUT2D eigenvalue weighted by Gasteiger charge is 2.04. The first kappa shape index (κ1) is 14.3. The molecule has 0 fully saturated rings. The standard InChI is InChI=1S/C15H19N3O2/c1-18-14(8-10-17-18)7-9-16-11-12-3-5-13(6-4-12)15(19)20-2/h3-6,8,10,16H,7,9,11H2,1-2H3. The molecule has 1 aromatic carbocycles. The Hall–Kier alpha value is -2.14. The molecule has 2 rings (SSSR count). The van der Waals surface area contributed by atoms with E-state index < -0.39 is 0 Å². The first-order chi connectivity index (χ1) is 9.70. The Morgan fingerprint density at radius 3 is 2.65 bits per heavy atom. The summed E-state index contributed by atoms with van der Waals surface area (Å²) in [5, 5.41) is 7.51. The predicted molar refractivity (Wildman–Crippen MR) is 76.4 cm³/mol. The van der Waals surface area contributed by atoms with E-state index in [0.29, 0.717) is 5.56 Å². The van der Waals surface area contributed by atoms with Crippen LogP contribution in [-0.4, -0.2) is 29.4 Å². The maximum atomic E-state index is 11.3. The summed E-state index contributed by atoms with van der Waals surface area (Å²) in [4.78, 5) is 11.3. The van der Waals surface area contributed by atoms with Crippen LogP contribution >= 0.6 is 0 Å². The van der Waals surface area contributed by atoms with Gasteiger partial charge in [0, 0.05) is 38.4 Å². The van der Waals surface area contributed by atoms with Crippen molar-refractivity contribution in [3.05, 3.63) is 53.3 Å². The van der Waals surface area contributed by atoms with Gasteiger partial charge in [0.1, 0.15) is 0 Å². The molecule has 1 aromatic heterocycles. The summed E-state index contributed by atoms with van der Waals surface area (Å²) in [6.45, 7) is 1.66. The molecule has 5 heteroatoms. The summed E-state index contributed by atoms with van der Waals surface area (Å²) in [5.74, 6) is -0.305. The molecule has 0 bridgehead atoms. The Balaban J connectivity index is 1.77. The van der Waals surface area contributed by atoms with Crippen LogP contribution in [0.25, 0.3) is 0 Å². The first-order valence-corrected chi connectivity index (χ1v) is 6.55. The van der Waals surface area contributed by atoms with Crippen molar-refractivity contribution in [3.63, 3.8) is 0 Å². The van der Waals surface area contributed by atoms with Gasteiger partial charge in [0.25, 0.3) is 0 Å². The first-order valence-electron chi connectivity index (χ1n) is 6.55. The van der Waals surface area contributed by atoms with E-state index in [9.17, 15) is 4.79 Å². The zero-order chi connectivity index (χ0) is 14.4. The lowest BCUT2D eigenvalue weighted by atomic mass is 10.1. The topological polar surface area (TPSA) is 56.1 Å². The zero-order valence-corrected chi connectivity index (χ0v) is 11.8. The van der Waals surface area contributed by atoms with E-state index in [1.54, 1.807) is 18.3 Å². The number of carbonyl (C=O) groups excluding carboxylic acids is 1. The predicted octanol–water partition coefficient (Wildman–Crippen LogP) is 1.54. The molecule has 0 amide bonds. The monoisotopic (exact) mass is 273 g/mol. The fourth-order valence-corrected chi connectivity index (χ4v) is 1.97. The van der Waals surface area contributed by atoms with Crippen molar-refractivity contribution in [2.45, 2.75) is 13.0 Å². The molecular formula is C15H19N3O2. The number of esters is 1. The highest BCUT2D eigenvalue weighted by atomic mass is 16.5. The number of ether oxygens (including phenoxy) is 1. The number of aromatic nitrogens is 2. The third-order valence-electron chi connectivity index (χ3n) is 3.18. The molecule has 0 saturated heterocycles. The maximum absolute atomic E-state index is 11.3. The van der Waals surface area contributed by atoms with Gasteiger partial charge in [-0.25, -0.2) is 4.79 Å². The lowest BCUT2D eigenvalue weighted by Crippen LogP contribution is -2.18. The number of carbonyl (C=O) groups is 1. The number of methoxy groups -OCH3 is 1. The van der Waals surface area contributed by atoms with E-state index in [1.807, 2.05) is 29.9 Å². The fourth-order valence-electron chi connectivity index (χ4n) is 1.97. The van der Waals surface area contributed by atoms with Crippen molar-refractivity contribution in [3.8, 4) is 0 Å². The number of benzene rings is 1. The molecule has 0 aliphatic heterocycles. The van der Waals surface area contributed by atoms with E-state index in [4.69, 9.17) is 0 Å². The quantitative estimate of drug-likeness (QED) is 0.641. The van der Waals surface area contributed by atoms with E-state index in [-0.39, 0.29) is 5.97 Å². The molecule has 0 radical (unpaired) electrons. The minimum Gasteiger partial charge on any atom is -0.465 e. The number of nitrogens with zero attached hydrogens (tertiary/aromatic N) is 2. The summed E-state index contributed by atoms with van der Waals surface area (Å²) in [6.07, 6.45) is 2.75. The van der Waals surface area contributed by atoms with Gasteiger partial charge in [-0.05, 0) is 23.8 Å². The second kappa shape index (κ2) is 6.86. The van der Waals surface area contributed by atoms with Gasteiger partial charge in [0.15, 0.2) is 0 Å².